The predicted molar refractivity (Wildman–Crippen MR) is 104 cm³/mol. The first-order chi connectivity index (χ1) is 12.7. The van der Waals surface area contributed by atoms with Crippen LogP contribution in [0.2, 0.25) is 0 Å². The van der Waals surface area contributed by atoms with E-state index in [1.165, 1.54) is 0 Å². The Morgan fingerprint density at radius 3 is 2.50 bits per heavy atom. The molecule has 1 fully saturated rings. The van der Waals surface area contributed by atoms with Crippen molar-refractivity contribution in [3.05, 3.63) is 60.3 Å². The second kappa shape index (κ2) is 9.24. The third-order valence-electron chi connectivity index (χ3n) is 4.11. The number of rotatable bonds is 5. The average molecular weight is 370 g/mol. The molecule has 3 rings (SSSR count). The van der Waals surface area contributed by atoms with E-state index in [0.717, 1.165) is 17.1 Å². The van der Waals surface area contributed by atoms with E-state index in [2.05, 4.69) is 15.6 Å². The van der Waals surface area contributed by atoms with Gasteiger partial charge in [-0.2, -0.15) is 11.8 Å². The molecule has 0 bridgehead atoms. The van der Waals surface area contributed by atoms with Gasteiger partial charge in [-0.3, -0.25) is 4.79 Å². The van der Waals surface area contributed by atoms with Crippen LogP contribution in [0.1, 0.15) is 5.56 Å². The Hall–Kier alpha value is -2.54. The Kier molecular flexibility index (Phi) is 6.49. The molecule has 7 heteroatoms. The van der Waals surface area contributed by atoms with Gasteiger partial charge in [-0.25, -0.2) is 9.78 Å². The molecule has 26 heavy (non-hydrogen) atoms. The van der Waals surface area contributed by atoms with Gasteiger partial charge in [0.2, 0.25) is 5.91 Å². The predicted octanol–water partition coefficient (Wildman–Crippen LogP) is 2.39. The van der Waals surface area contributed by atoms with E-state index >= 15 is 0 Å². The molecule has 3 amide bonds. The molecule has 6 nitrogen and oxygen atoms in total. The molecule has 1 aliphatic rings. The van der Waals surface area contributed by atoms with Gasteiger partial charge in [-0.15, -0.1) is 0 Å². The van der Waals surface area contributed by atoms with Crippen molar-refractivity contribution in [2.45, 2.75) is 12.5 Å². The number of carbonyl (C=O) groups is 2. The topological polar surface area (TPSA) is 74.3 Å². The number of hydrogen-bond donors (Lipinski definition) is 2. The molecule has 0 aliphatic carbocycles. The van der Waals surface area contributed by atoms with E-state index < -0.39 is 6.04 Å². The summed E-state index contributed by atoms with van der Waals surface area (Å²) < 4.78 is 0. The van der Waals surface area contributed by atoms with Crippen LogP contribution >= 0.6 is 11.8 Å². The molecule has 0 radical (unpaired) electrons. The molecular weight excluding hydrogens is 348 g/mol. The Bertz CT molecular complexity index is 721. The van der Waals surface area contributed by atoms with Crippen molar-refractivity contribution in [2.24, 2.45) is 0 Å². The fourth-order valence-corrected chi connectivity index (χ4v) is 3.62. The van der Waals surface area contributed by atoms with Crippen molar-refractivity contribution < 1.29 is 9.59 Å². The molecule has 1 aromatic heterocycles. The quantitative estimate of drug-likeness (QED) is 0.848. The van der Waals surface area contributed by atoms with Crippen molar-refractivity contribution in [3.8, 4) is 0 Å². The van der Waals surface area contributed by atoms with E-state index in [1.807, 2.05) is 42.1 Å². The maximum Gasteiger partial charge on any atom is 0.318 e. The van der Waals surface area contributed by atoms with Crippen molar-refractivity contribution in [2.75, 3.05) is 29.9 Å². The highest BCUT2D eigenvalue weighted by Gasteiger charge is 2.25. The van der Waals surface area contributed by atoms with Crippen LogP contribution in [-0.2, 0) is 11.2 Å². The Morgan fingerprint density at radius 2 is 1.81 bits per heavy atom. The van der Waals surface area contributed by atoms with Gasteiger partial charge < -0.3 is 15.5 Å². The molecule has 0 unspecified atom stereocenters. The first-order valence-electron chi connectivity index (χ1n) is 8.61. The van der Waals surface area contributed by atoms with Crippen molar-refractivity contribution >= 4 is 29.5 Å². The van der Waals surface area contributed by atoms with Crippen molar-refractivity contribution in [1.29, 1.82) is 0 Å². The molecule has 2 N–H and O–H groups in total. The van der Waals surface area contributed by atoms with Crippen molar-refractivity contribution in [3.63, 3.8) is 0 Å². The van der Waals surface area contributed by atoms with Crippen LogP contribution in [0, 0.1) is 0 Å². The standard InChI is InChI=1S/C19H22N4O2S/c24-18(22-17-8-4-5-9-20-17)16(14-15-6-2-1-3-7-15)21-19(25)23-10-12-26-13-11-23/h1-9,16H,10-14H2,(H,21,25)(H,20,22,24)/t16-/m1/s1. The van der Waals surface area contributed by atoms with Gasteiger partial charge in [0, 0.05) is 37.2 Å². The minimum atomic E-state index is -0.665. The number of urea groups is 1. The number of anilines is 1. The molecule has 0 spiro atoms. The van der Waals surface area contributed by atoms with Gasteiger partial charge >= 0.3 is 6.03 Å². The molecular formula is C19H22N4O2S. The maximum atomic E-state index is 12.7. The number of pyridine rings is 1. The minimum absolute atomic E-state index is 0.192. The lowest BCUT2D eigenvalue weighted by Gasteiger charge is -2.28. The van der Waals surface area contributed by atoms with E-state index in [4.69, 9.17) is 0 Å². The summed E-state index contributed by atoms with van der Waals surface area (Å²) >= 11 is 1.84. The number of nitrogens with one attached hydrogen (secondary N) is 2. The van der Waals surface area contributed by atoms with Crippen LogP contribution in [0.25, 0.3) is 0 Å². The number of aromatic nitrogens is 1. The van der Waals surface area contributed by atoms with Crippen LogP contribution in [-0.4, -0.2) is 52.5 Å². The molecule has 136 valence electrons. The first-order valence-corrected chi connectivity index (χ1v) is 9.77. The SMILES string of the molecule is O=C(Nc1ccccn1)[C@@H](Cc1ccccc1)NC(=O)N1CCSCC1. The van der Waals surface area contributed by atoms with Crippen LogP contribution in [0.15, 0.2) is 54.7 Å². The van der Waals surface area contributed by atoms with E-state index in [9.17, 15) is 9.59 Å². The van der Waals surface area contributed by atoms with E-state index in [0.29, 0.717) is 25.3 Å². The lowest BCUT2D eigenvalue weighted by Crippen LogP contribution is -2.52. The number of benzene rings is 1. The summed E-state index contributed by atoms with van der Waals surface area (Å²) in [4.78, 5) is 31.2. The normalized spacial score (nSPS) is 15.2. The zero-order valence-electron chi connectivity index (χ0n) is 14.4. The number of amides is 3. The third kappa shape index (κ3) is 5.23. The van der Waals surface area contributed by atoms with Crippen LogP contribution in [0.5, 0.6) is 0 Å². The fourth-order valence-electron chi connectivity index (χ4n) is 2.72. The maximum absolute atomic E-state index is 12.7. The zero-order chi connectivity index (χ0) is 18.2. The lowest BCUT2D eigenvalue weighted by molar-refractivity contribution is -0.118. The third-order valence-corrected chi connectivity index (χ3v) is 5.05. The second-order valence-corrected chi connectivity index (χ2v) is 7.22. The van der Waals surface area contributed by atoms with Gasteiger partial charge in [0.05, 0.1) is 0 Å². The monoisotopic (exact) mass is 370 g/mol. The van der Waals surface area contributed by atoms with Crippen LogP contribution < -0.4 is 10.6 Å². The number of thioether (sulfide) groups is 1. The second-order valence-electron chi connectivity index (χ2n) is 6.00. The van der Waals surface area contributed by atoms with Gasteiger partial charge in [-0.1, -0.05) is 36.4 Å². The molecule has 2 heterocycles. The van der Waals surface area contributed by atoms with Gasteiger partial charge in [0.1, 0.15) is 11.9 Å². The molecule has 0 saturated carbocycles. The van der Waals surface area contributed by atoms with Gasteiger partial charge in [-0.05, 0) is 17.7 Å². The zero-order valence-corrected chi connectivity index (χ0v) is 15.2. The Balaban J connectivity index is 1.70. The highest BCUT2D eigenvalue weighted by Crippen LogP contribution is 2.11. The fraction of sp³-hybridized carbons (Fsp3) is 0.316. The number of carbonyl (C=O) groups excluding carboxylic acids is 2. The summed E-state index contributed by atoms with van der Waals surface area (Å²) in [5.74, 6) is 2.06. The largest absolute Gasteiger partial charge is 0.326 e. The number of nitrogens with zero attached hydrogens (tertiary/aromatic N) is 2. The Morgan fingerprint density at radius 1 is 1.08 bits per heavy atom. The summed E-state index contributed by atoms with van der Waals surface area (Å²) in [5.41, 5.74) is 0.989. The van der Waals surface area contributed by atoms with Crippen LogP contribution in [0.3, 0.4) is 0 Å². The number of hydrogen-bond acceptors (Lipinski definition) is 4. The summed E-state index contributed by atoms with van der Waals surface area (Å²) in [7, 11) is 0. The molecule has 1 aromatic carbocycles. The average Bonchev–Trinajstić information content (AvgIpc) is 2.69. The smallest absolute Gasteiger partial charge is 0.318 e. The van der Waals surface area contributed by atoms with Crippen LogP contribution in [0.4, 0.5) is 10.6 Å². The van der Waals surface area contributed by atoms with Gasteiger partial charge in [0.25, 0.3) is 0 Å². The first kappa shape index (κ1) is 18.3. The summed E-state index contributed by atoms with van der Waals surface area (Å²) in [6.07, 6.45) is 2.04. The molecule has 1 atom stereocenters. The molecule has 1 aliphatic heterocycles. The van der Waals surface area contributed by atoms with Gasteiger partial charge in [0.15, 0.2) is 0 Å². The summed E-state index contributed by atoms with van der Waals surface area (Å²) in [6, 6.07) is 14.1. The Labute approximate surface area is 157 Å². The molecule has 2 aromatic rings. The molecule has 1 saturated heterocycles. The summed E-state index contributed by atoms with van der Waals surface area (Å²) in [5, 5.41) is 5.68. The van der Waals surface area contributed by atoms with E-state index in [-0.39, 0.29) is 11.9 Å². The lowest BCUT2D eigenvalue weighted by atomic mass is 10.1. The minimum Gasteiger partial charge on any atom is -0.326 e. The van der Waals surface area contributed by atoms with E-state index in [1.54, 1.807) is 29.3 Å². The van der Waals surface area contributed by atoms with Crippen molar-refractivity contribution in [1.82, 2.24) is 15.2 Å². The summed E-state index contributed by atoms with van der Waals surface area (Å²) in [6.45, 7) is 1.41. The highest BCUT2D eigenvalue weighted by molar-refractivity contribution is 7.99. The highest BCUT2D eigenvalue weighted by atomic mass is 32.2.